The third-order valence-electron chi connectivity index (χ3n) is 1.44. The Hall–Kier alpha value is -1.06. The van der Waals surface area contributed by atoms with Gasteiger partial charge in [-0.15, -0.1) is 0 Å². The Bertz CT molecular complexity index is 275. The van der Waals surface area contributed by atoms with Crippen molar-refractivity contribution in [1.29, 1.82) is 0 Å². The molecule has 0 N–H and O–H groups in total. The van der Waals surface area contributed by atoms with E-state index in [2.05, 4.69) is 6.58 Å². The summed E-state index contributed by atoms with van der Waals surface area (Å²) in [4.78, 5) is 0. The van der Waals surface area contributed by atoms with Crippen LogP contribution in [0.5, 0.6) is 0 Å². The second kappa shape index (κ2) is 3.13. The van der Waals surface area contributed by atoms with Crippen LogP contribution in [0.1, 0.15) is 0 Å². The number of allylic oxidation sites excluding steroid dienone is 5. The van der Waals surface area contributed by atoms with Gasteiger partial charge in [-0.2, -0.15) is 0 Å². The normalized spacial score (nSPS) is 24.8. The molecule has 0 fully saturated rings. The van der Waals surface area contributed by atoms with Crippen LogP contribution < -0.4 is 0 Å². The van der Waals surface area contributed by atoms with E-state index in [1.807, 2.05) is 0 Å². The van der Waals surface area contributed by atoms with Crippen LogP contribution in [0.3, 0.4) is 0 Å². The van der Waals surface area contributed by atoms with Crippen molar-refractivity contribution in [2.75, 3.05) is 0 Å². The first-order chi connectivity index (χ1) is 5.57. The van der Waals surface area contributed by atoms with Crippen LogP contribution >= 0.6 is 0 Å². The summed E-state index contributed by atoms with van der Waals surface area (Å²) < 4.78 is 50.1. The van der Waals surface area contributed by atoms with E-state index in [1.54, 1.807) is 0 Å². The molecule has 0 amide bonds. The van der Waals surface area contributed by atoms with Crippen molar-refractivity contribution < 1.29 is 17.6 Å². The van der Waals surface area contributed by atoms with Gasteiger partial charge in [-0.25, -0.2) is 17.6 Å². The van der Waals surface area contributed by atoms with Gasteiger partial charge < -0.3 is 0 Å². The Morgan fingerprint density at radius 1 is 1.33 bits per heavy atom. The minimum atomic E-state index is -2.21. The molecule has 1 aliphatic carbocycles. The lowest BCUT2D eigenvalue weighted by Gasteiger charge is -2.13. The van der Waals surface area contributed by atoms with Gasteiger partial charge in [0.15, 0.2) is 12.0 Å². The molecule has 4 heteroatoms. The maximum absolute atomic E-state index is 12.6. The van der Waals surface area contributed by atoms with E-state index in [4.69, 9.17) is 0 Å². The van der Waals surface area contributed by atoms with Crippen molar-refractivity contribution in [3.8, 4) is 0 Å². The molecule has 12 heavy (non-hydrogen) atoms. The van der Waals surface area contributed by atoms with Crippen molar-refractivity contribution in [1.82, 2.24) is 0 Å². The highest BCUT2D eigenvalue weighted by molar-refractivity contribution is 5.46. The van der Waals surface area contributed by atoms with Crippen LogP contribution in [-0.4, -0.2) is 6.17 Å². The van der Waals surface area contributed by atoms with Gasteiger partial charge in [0.05, 0.1) is 6.42 Å². The maximum Gasteiger partial charge on any atom is 0.164 e. The van der Waals surface area contributed by atoms with E-state index in [9.17, 15) is 17.6 Å². The van der Waals surface area contributed by atoms with Gasteiger partial charge >= 0.3 is 0 Å². The zero-order valence-electron chi connectivity index (χ0n) is 5.95. The van der Waals surface area contributed by atoms with Crippen LogP contribution in [0.25, 0.3) is 0 Å². The second-order valence-electron chi connectivity index (χ2n) is 2.20. The first-order valence-electron chi connectivity index (χ1n) is 3.14. The molecule has 0 nitrogen and oxygen atoms in total. The standard InChI is InChI=1S/C8H5F4/c1-2-4-7(11)5(9)3-6(10)8(4)12/h2-3,5H,1H2. The average molecular weight is 177 g/mol. The minimum absolute atomic E-state index is 0.234. The van der Waals surface area contributed by atoms with E-state index in [1.165, 1.54) is 0 Å². The van der Waals surface area contributed by atoms with E-state index in [-0.39, 0.29) is 6.42 Å². The van der Waals surface area contributed by atoms with Crippen LogP contribution in [0, 0.1) is 6.42 Å². The third-order valence-corrected chi connectivity index (χ3v) is 1.44. The summed E-state index contributed by atoms with van der Waals surface area (Å²) in [5.74, 6) is -4.14. The zero-order chi connectivity index (χ0) is 9.30. The fourth-order valence-electron chi connectivity index (χ4n) is 0.844. The largest absolute Gasteiger partial charge is 0.239 e. The van der Waals surface area contributed by atoms with Gasteiger partial charge in [0.1, 0.15) is 11.7 Å². The number of hydrogen-bond donors (Lipinski definition) is 0. The summed E-state index contributed by atoms with van der Waals surface area (Å²) in [6, 6.07) is 0. The Morgan fingerprint density at radius 2 is 1.92 bits per heavy atom. The maximum atomic E-state index is 12.6. The molecule has 1 rings (SSSR count). The van der Waals surface area contributed by atoms with Crippen LogP contribution in [0.2, 0.25) is 0 Å². The highest BCUT2D eigenvalue weighted by Gasteiger charge is 2.29. The first kappa shape index (κ1) is 9.03. The van der Waals surface area contributed by atoms with E-state index in [0.29, 0.717) is 0 Å². The Balaban J connectivity index is 3.17. The monoisotopic (exact) mass is 177 g/mol. The van der Waals surface area contributed by atoms with Gasteiger partial charge in [-0.3, -0.25) is 0 Å². The molecule has 0 aromatic heterocycles. The molecule has 1 unspecified atom stereocenters. The lowest BCUT2D eigenvalue weighted by atomic mass is 10.0. The van der Waals surface area contributed by atoms with Gasteiger partial charge in [-0.05, 0) is 0 Å². The predicted molar refractivity (Wildman–Crippen MR) is 36.8 cm³/mol. The van der Waals surface area contributed by atoms with Gasteiger partial charge in [0, 0.05) is 5.57 Å². The molecule has 0 aromatic carbocycles. The second-order valence-corrected chi connectivity index (χ2v) is 2.20. The summed E-state index contributed by atoms with van der Waals surface area (Å²) in [6.07, 6.45) is -1.24. The Morgan fingerprint density at radius 3 is 2.42 bits per heavy atom. The van der Waals surface area contributed by atoms with Crippen LogP contribution in [0.4, 0.5) is 17.6 Å². The van der Waals surface area contributed by atoms with E-state index in [0.717, 1.165) is 6.08 Å². The summed E-state index contributed by atoms with van der Waals surface area (Å²) >= 11 is 0. The molecule has 0 bridgehead atoms. The molecule has 0 aromatic rings. The summed E-state index contributed by atoms with van der Waals surface area (Å²) in [5.41, 5.74) is -0.748. The summed E-state index contributed by atoms with van der Waals surface area (Å²) in [6.45, 7) is 3.03. The number of hydrogen-bond acceptors (Lipinski definition) is 0. The fraction of sp³-hybridized carbons (Fsp3) is 0.125. The predicted octanol–water partition coefficient (Wildman–Crippen LogP) is 3.10. The summed E-state index contributed by atoms with van der Waals surface area (Å²) in [5, 5.41) is 0. The van der Waals surface area contributed by atoms with E-state index >= 15 is 0 Å². The lowest BCUT2D eigenvalue weighted by molar-refractivity contribution is 0.340. The molecule has 0 heterocycles. The quantitative estimate of drug-likeness (QED) is 0.540. The van der Waals surface area contributed by atoms with Crippen LogP contribution in [0.15, 0.2) is 35.7 Å². The van der Waals surface area contributed by atoms with Gasteiger partial charge in [-0.1, -0.05) is 12.7 Å². The van der Waals surface area contributed by atoms with Crippen molar-refractivity contribution in [3.63, 3.8) is 0 Å². The Labute approximate surface area is 66.9 Å². The third kappa shape index (κ3) is 1.29. The molecular weight excluding hydrogens is 172 g/mol. The van der Waals surface area contributed by atoms with Gasteiger partial charge in [0.2, 0.25) is 0 Å². The molecule has 0 saturated heterocycles. The van der Waals surface area contributed by atoms with Crippen molar-refractivity contribution in [2.45, 2.75) is 6.17 Å². The molecule has 1 radical (unpaired) electrons. The molecular formula is C8H5F4. The molecule has 0 saturated carbocycles. The first-order valence-corrected chi connectivity index (χ1v) is 3.14. The lowest BCUT2D eigenvalue weighted by Crippen LogP contribution is -2.11. The fourth-order valence-corrected chi connectivity index (χ4v) is 0.844. The highest BCUT2D eigenvalue weighted by atomic mass is 19.2. The molecule has 0 spiro atoms. The smallest absolute Gasteiger partial charge is 0.164 e. The topological polar surface area (TPSA) is 0 Å². The number of rotatable bonds is 1. The minimum Gasteiger partial charge on any atom is -0.239 e. The highest BCUT2D eigenvalue weighted by Crippen LogP contribution is 2.34. The van der Waals surface area contributed by atoms with Gasteiger partial charge in [0.25, 0.3) is 0 Å². The van der Waals surface area contributed by atoms with Crippen molar-refractivity contribution in [2.24, 2.45) is 0 Å². The average Bonchev–Trinajstić information content (AvgIpc) is 2.02. The van der Waals surface area contributed by atoms with Crippen molar-refractivity contribution in [3.05, 3.63) is 42.1 Å². The SMILES string of the molecule is C=CC1=C(F)C(F)[CH]C(F)=C1F. The zero-order valence-corrected chi connectivity index (χ0v) is 5.95. The van der Waals surface area contributed by atoms with E-state index < -0.39 is 29.2 Å². The number of alkyl halides is 1. The van der Waals surface area contributed by atoms with Crippen molar-refractivity contribution >= 4 is 0 Å². The number of halogens is 4. The Kier molecular flexibility index (Phi) is 2.35. The molecule has 65 valence electrons. The molecule has 0 aliphatic heterocycles. The molecule has 1 atom stereocenters. The van der Waals surface area contributed by atoms with Crippen LogP contribution in [-0.2, 0) is 0 Å². The molecule has 1 aliphatic rings. The summed E-state index contributed by atoms with van der Waals surface area (Å²) in [7, 11) is 0.